The third kappa shape index (κ3) is 4.44. The quantitative estimate of drug-likeness (QED) is 0.807. The lowest BCUT2D eigenvalue weighted by Gasteiger charge is -2.35. The SMILES string of the molecule is CC(C)N(C(=O)C1C=CC(C(O)C(C)(C)C)C=C1)C(C)C. The Balaban J connectivity index is 2.79. The van der Waals surface area contributed by atoms with E-state index in [9.17, 15) is 9.90 Å². The molecule has 0 fully saturated rings. The van der Waals surface area contributed by atoms with E-state index in [2.05, 4.69) is 0 Å². The fraction of sp³-hybridized carbons (Fsp3) is 0.722. The number of carbonyl (C=O) groups excluding carboxylic acids is 1. The van der Waals surface area contributed by atoms with Crippen molar-refractivity contribution in [3.8, 4) is 0 Å². The molecule has 1 N–H and O–H groups in total. The van der Waals surface area contributed by atoms with Crippen LogP contribution in [0.15, 0.2) is 24.3 Å². The number of hydrogen-bond donors (Lipinski definition) is 1. The summed E-state index contributed by atoms with van der Waals surface area (Å²) in [6, 6.07) is 0.384. The summed E-state index contributed by atoms with van der Waals surface area (Å²) in [6.45, 7) is 14.2. The summed E-state index contributed by atoms with van der Waals surface area (Å²) in [4.78, 5) is 14.5. The van der Waals surface area contributed by atoms with Crippen molar-refractivity contribution in [2.45, 2.75) is 66.7 Å². The topological polar surface area (TPSA) is 40.5 Å². The van der Waals surface area contributed by atoms with Crippen molar-refractivity contribution >= 4 is 5.91 Å². The molecule has 1 rings (SSSR count). The molecule has 0 aliphatic heterocycles. The minimum absolute atomic E-state index is 0.0133. The van der Waals surface area contributed by atoms with Gasteiger partial charge in [0.05, 0.1) is 12.0 Å². The van der Waals surface area contributed by atoms with E-state index in [0.717, 1.165) is 0 Å². The predicted molar refractivity (Wildman–Crippen MR) is 87.8 cm³/mol. The minimum atomic E-state index is -0.438. The molecule has 0 bridgehead atoms. The van der Waals surface area contributed by atoms with Gasteiger partial charge >= 0.3 is 0 Å². The zero-order valence-electron chi connectivity index (χ0n) is 14.5. The molecule has 0 aromatic carbocycles. The third-order valence-corrected chi connectivity index (χ3v) is 3.99. The molecule has 0 saturated heterocycles. The van der Waals surface area contributed by atoms with Gasteiger partial charge < -0.3 is 10.0 Å². The second kappa shape index (κ2) is 6.78. The van der Waals surface area contributed by atoms with Crippen LogP contribution < -0.4 is 0 Å². The molecule has 1 unspecified atom stereocenters. The van der Waals surface area contributed by atoms with E-state index in [1.807, 2.05) is 77.7 Å². The van der Waals surface area contributed by atoms with E-state index in [4.69, 9.17) is 0 Å². The van der Waals surface area contributed by atoms with E-state index in [0.29, 0.717) is 0 Å². The highest BCUT2D eigenvalue weighted by Crippen LogP contribution is 2.30. The summed E-state index contributed by atoms with van der Waals surface area (Å²) in [5.74, 6) is -0.0879. The Morgan fingerprint density at radius 1 is 1.00 bits per heavy atom. The average molecular weight is 293 g/mol. The van der Waals surface area contributed by atoms with Gasteiger partial charge in [-0.3, -0.25) is 4.79 Å². The van der Waals surface area contributed by atoms with Gasteiger partial charge in [-0.05, 0) is 33.1 Å². The van der Waals surface area contributed by atoms with Gasteiger partial charge in [0.1, 0.15) is 0 Å². The maximum atomic E-state index is 12.6. The molecule has 0 aromatic rings. The molecular formula is C18H31NO2. The maximum absolute atomic E-state index is 12.6. The van der Waals surface area contributed by atoms with Gasteiger partial charge in [-0.1, -0.05) is 45.1 Å². The van der Waals surface area contributed by atoms with Gasteiger partial charge in [-0.25, -0.2) is 0 Å². The van der Waals surface area contributed by atoms with Gasteiger partial charge in [0.25, 0.3) is 0 Å². The molecule has 0 radical (unpaired) electrons. The Hall–Kier alpha value is -1.09. The number of hydrogen-bond acceptors (Lipinski definition) is 2. The molecular weight excluding hydrogens is 262 g/mol. The fourth-order valence-electron chi connectivity index (χ4n) is 2.85. The predicted octanol–water partition coefficient (Wildman–Crippen LogP) is 3.40. The standard InChI is InChI=1S/C18H31NO2/c1-12(2)19(13(3)4)17(21)15-10-8-14(9-11-15)16(20)18(5,6)7/h8-16,20H,1-7H3. The summed E-state index contributed by atoms with van der Waals surface area (Å²) in [5.41, 5.74) is -0.169. The highest BCUT2D eigenvalue weighted by molar-refractivity contribution is 5.83. The Morgan fingerprint density at radius 2 is 1.43 bits per heavy atom. The smallest absolute Gasteiger partial charge is 0.233 e. The van der Waals surface area contributed by atoms with Crippen molar-refractivity contribution in [3.05, 3.63) is 24.3 Å². The van der Waals surface area contributed by atoms with Crippen molar-refractivity contribution < 1.29 is 9.90 Å². The van der Waals surface area contributed by atoms with E-state index < -0.39 is 6.10 Å². The molecule has 0 aromatic heterocycles. The van der Waals surface area contributed by atoms with Gasteiger partial charge in [-0.2, -0.15) is 0 Å². The molecule has 21 heavy (non-hydrogen) atoms. The lowest BCUT2D eigenvalue weighted by Crippen LogP contribution is -2.45. The molecule has 120 valence electrons. The first-order valence-corrected chi connectivity index (χ1v) is 7.92. The molecule has 1 aliphatic rings. The van der Waals surface area contributed by atoms with Gasteiger partial charge in [0, 0.05) is 18.0 Å². The zero-order valence-corrected chi connectivity index (χ0v) is 14.5. The lowest BCUT2D eigenvalue weighted by molar-refractivity contribution is -0.136. The lowest BCUT2D eigenvalue weighted by atomic mass is 9.79. The maximum Gasteiger partial charge on any atom is 0.233 e. The molecule has 3 nitrogen and oxygen atoms in total. The largest absolute Gasteiger partial charge is 0.392 e. The van der Waals surface area contributed by atoms with E-state index in [1.54, 1.807) is 0 Å². The molecule has 1 amide bonds. The number of aliphatic hydroxyl groups excluding tert-OH is 1. The van der Waals surface area contributed by atoms with Crippen LogP contribution in [-0.2, 0) is 4.79 Å². The van der Waals surface area contributed by atoms with Gasteiger partial charge in [0.2, 0.25) is 5.91 Å². The Kier molecular flexibility index (Phi) is 5.80. The molecule has 0 heterocycles. The van der Waals surface area contributed by atoms with E-state index >= 15 is 0 Å². The summed E-state index contributed by atoms with van der Waals surface area (Å²) in [5, 5.41) is 10.3. The highest BCUT2D eigenvalue weighted by atomic mass is 16.3. The van der Waals surface area contributed by atoms with Crippen molar-refractivity contribution in [1.82, 2.24) is 4.90 Å². The molecule has 0 saturated carbocycles. The zero-order chi connectivity index (χ0) is 16.4. The normalized spacial score (nSPS) is 23.7. The van der Waals surface area contributed by atoms with Crippen LogP contribution in [0, 0.1) is 17.3 Å². The van der Waals surface area contributed by atoms with Gasteiger partial charge in [-0.15, -0.1) is 0 Å². The van der Waals surface area contributed by atoms with Crippen LogP contribution in [0.5, 0.6) is 0 Å². The number of carbonyl (C=O) groups is 1. The van der Waals surface area contributed by atoms with Crippen LogP contribution in [0.2, 0.25) is 0 Å². The van der Waals surface area contributed by atoms with E-state index in [-0.39, 0.29) is 35.2 Å². The first kappa shape index (κ1) is 18.0. The monoisotopic (exact) mass is 293 g/mol. The highest BCUT2D eigenvalue weighted by Gasteiger charge is 2.31. The van der Waals surface area contributed by atoms with Crippen molar-refractivity contribution in [1.29, 1.82) is 0 Å². The third-order valence-electron chi connectivity index (χ3n) is 3.99. The van der Waals surface area contributed by atoms with E-state index in [1.165, 1.54) is 0 Å². The number of nitrogens with zero attached hydrogens (tertiary/aromatic N) is 1. The first-order valence-electron chi connectivity index (χ1n) is 7.92. The minimum Gasteiger partial charge on any atom is -0.392 e. The fourth-order valence-corrected chi connectivity index (χ4v) is 2.85. The van der Waals surface area contributed by atoms with Crippen molar-refractivity contribution in [2.24, 2.45) is 17.3 Å². The van der Waals surface area contributed by atoms with Crippen molar-refractivity contribution in [3.63, 3.8) is 0 Å². The summed E-state index contributed by atoms with van der Waals surface area (Å²) in [7, 11) is 0. The molecule has 0 spiro atoms. The van der Waals surface area contributed by atoms with Crippen molar-refractivity contribution in [2.75, 3.05) is 0 Å². The second-order valence-electron chi connectivity index (χ2n) is 7.62. The molecule has 1 atom stereocenters. The number of rotatable bonds is 4. The second-order valence-corrected chi connectivity index (χ2v) is 7.62. The van der Waals surface area contributed by atoms with Crippen LogP contribution in [0.1, 0.15) is 48.5 Å². The summed E-state index contributed by atoms with van der Waals surface area (Å²) < 4.78 is 0. The Bertz CT molecular complexity index is 393. The number of aliphatic hydroxyl groups is 1. The summed E-state index contributed by atoms with van der Waals surface area (Å²) in [6.07, 6.45) is 7.36. The van der Waals surface area contributed by atoms with Crippen LogP contribution >= 0.6 is 0 Å². The van der Waals surface area contributed by atoms with Crippen LogP contribution in [-0.4, -0.2) is 34.1 Å². The van der Waals surface area contributed by atoms with Gasteiger partial charge in [0.15, 0.2) is 0 Å². The van der Waals surface area contributed by atoms with Crippen LogP contribution in [0.4, 0.5) is 0 Å². The summed E-state index contributed by atoms with van der Waals surface area (Å²) >= 11 is 0. The van der Waals surface area contributed by atoms with Crippen LogP contribution in [0.25, 0.3) is 0 Å². The van der Waals surface area contributed by atoms with Crippen LogP contribution in [0.3, 0.4) is 0 Å². The Morgan fingerprint density at radius 3 is 1.76 bits per heavy atom. The molecule has 3 heteroatoms. The number of amides is 1. The molecule has 1 aliphatic carbocycles. The first-order chi connectivity index (χ1) is 9.55. The Labute approximate surface area is 129 Å². The average Bonchev–Trinajstić information content (AvgIpc) is 2.36.